The van der Waals surface area contributed by atoms with E-state index in [0.29, 0.717) is 51.1 Å². The van der Waals surface area contributed by atoms with E-state index in [1.165, 1.54) is 5.01 Å². The van der Waals surface area contributed by atoms with Crippen molar-refractivity contribution in [3.8, 4) is 0 Å². The van der Waals surface area contributed by atoms with Gasteiger partial charge in [-0.1, -0.05) is 44.2 Å². The van der Waals surface area contributed by atoms with Gasteiger partial charge in [-0.25, -0.2) is 15.2 Å². The molecule has 3 N–H and O–H groups in total. The van der Waals surface area contributed by atoms with E-state index in [0.717, 1.165) is 29.3 Å². The zero-order valence-corrected chi connectivity index (χ0v) is 28.9. The molecule has 4 atom stereocenters. The number of ether oxygens (including phenoxy) is 1. The lowest BCUT2D eigenvalue weighted by atomic mass is 10.0. The van der Waals surface area contributed by atoms with E-state index in [2.05, 4.69) is 16.1 Å². The Morgan fingerprint density at radius 2 is 1.65 bits per heavy atom. The summed E-state index contributed by atoms with van der Waals surface area (Å²) in [5.41, 5.74) is 5.28. The fourth-order valence-electron chi connectivity index (χ4n) is 6.39. The zero-order chi connectivity index (χ0) is 35.1. The van der Waals surface area contributed by atoms with E-state index in [1.54, 1.807) is 18.7 Å². The van der Waals surface area contributed by atoms with Crippen molar-refractivity contribution >= 4 is 46.7 Å². The molecule has 1 aromatic heterocycles. The second-order valence-corrected chi connectivity index (χ2v) is 13.5. The van der Waals surface area contributed by atoms with Crippen molar-refractivity contribution in [2.24, 2.45) is 5.92 Å². The third kappa shape index (κ3) is 9.14. The van der Waals surface area contributed by atoms with Crippen LogP contribution >= 0.6 is 0 Å². The first-order chi connectivity index (χ1) is 23.5. The van der Waals surface area contributed by atoms with Gasteiger partial charge in [0.15, 0.2) is 0 Å². The largest absolute Gasteiger partial charge is 0.455 e. The minimum Gasteiger partial charge on any atom is -0.455 e. The van der Waals surface area contributed by atoms with Crippen LogP contribution in [0.4, 0.5) is 4.79 Å². The van der Waals surface area contributed by atoms with Gasteiger partial charge in [0.1, 0.15) is 24.2 Å². The number of urea groups is 1. The Kier molecular flexibility index (Phi) is 11.9. The van der Waals surface area contributed by atoms with Crippen LogP contribution in [0.25, 0.3) is 17.0 Å². The molecule has 4 heterocycles. The lowest BCUT2D eigenvalue weighted by molar-refractivity contribution is -0.157. The molecule has 3 aliphatic rings. The van der Waals surface area contributed by atoms with Gasteiger partial charge in [0.05, 0.1) is 11.2 Å². The highest BCUT2D eigenvalue weighted by Crippen LogP contribution is 2.23. The van der Waals surface area contributed by atoms with Gasteiger partial charge in [-0.15, -0.1) is 0 Å². The van der Waals surface area contributed by atoms with Crippen LogP contribution in [0.1, 0.15) is 83.6 Å². The van der Waals surface area contributed by atoms with Gasteiger partial charge in [0.2, 0.25) is 11.8 Å². The van der Waals surface area contributed by atoms with Crippen molar-refractivity contribution in [3.63, 3.8) is 0 Å². The molecular formula is C36H49N7O6. The van der Waals surface area contributed by atoms with Crippen molar-refractivity contribution in [2.45, 2.75) is 90.4 Å². The number of nitrogens with zero attached hydrogens (tertiary/aromatic N) is 4. The standard InChI is InChI=1S/C36H49N7O6/c1-23(2)32-33(45)37-24(3)34(46)43-20-9-11-29(40-43)35(47)49-25(4)28-15-14-27-13-12-26(22-30(27)38-28)10-5-6-17-42(21-16-31(44)39-32)36(48)41-18-7-8-19-41/h5,10,12-15,22-25,29,32,40H,6-9,11,16-21H2,1-4H3,(H,37,45)(H,39,44)/b10-5+/t24-,25+,29-,32-/m0/s1. The van der Waals surface area contributed by atoms with Crippen molar-refractivity contribution in [3.05, 3.63) is 47.7 Å². The molecule has 49 heavy (non-hydrogen) atoms. The summed E-state index contributed by atoms with van der Waals surface area (Å²) in [7, 11) is 0. The van der Waals surface area contributed by atoms with Gasteiger partial charge in [-0.3, -0.25) is 24.2 Å². The maximum Gasteiger partial charge on any atom is 0.325 e. The third-order valence-electron chi connectivity index (χ3n) is 9.31. The highest BCUT2D eigenvalue weighted by molar-refractivity contribution is 5.92. The molecule has 13 heteroatoms. The van der Waals surface area contributed by atoms with Crippen LogP contribution in [0.3, 0.4) is 0 Å². The number of esters is 1. The topological polar surface area (TPSA) is 153 Å². The first-order valence-electron chi connectivity index (χ1n) is 17.5. The summed E-state index contributed by atoms with van der Waals surface area (Å²) in [5, 5.41) is 7.86. The Labute approximate surface area is 287 Å². The van der Waals surface area contributed by atoms with Crippen molar-refractivity contribution < 1.29 is 28.7 Å². The maximum absolute atomic E-state index is 13.4. The first kappa shape index (κ1) is 35.8. The molecule has 5 bridgehead atoms. The number of cyclic esters (lactones) is 1. The smallest absolute Gasteiger partial charge is 0.325 e. The maximum atomic E-state index is 13.4. The minimum absolute atomic E-state index is 0.0283. The molecular weight excluding hydrogens is 626 g/mol. The first-order valence-corrected chi connectivity index (χ1v) is 17.5. The SMILES string of the molecule is CC(C)[C@@H]1NC(=O)CCN(C(=O)N2CCCC2)CC/C=C/c2ccc3ccc(nc3c2)[C@@H](C)OC(=O)[C@@H]2CCCN(N2)C(=O)[C@H](C)NC1=O. The molecule has 13 nitrogen and oxygen atoms in total. The molecule has 0 spiro atoms. The number of aromatic nitrogens is 1. The Hall–Kier alpha value is -4.52. The summed E-state index contributed by atoms with van der Waals surface area (Å²) in [6.45, 7) is 9.36. The summed E-state index contributed by atoms with van der Waals surface area (Å²) in [5.74, 6) is -2.01. The number of pyridine rings is 1. The average molecular weight is 676 g/mol. The van der Waals surface area contributed by atoms with Gasteiger partial charge in [0.25, 0.3) is 5.91 Å². The highest BCUT2D eigenvalue weighted by Gasteiger charge is 2.34. The molecule has 5 rings (SSSR count). The molecule has 0 aliphatic carbocycles. The number of hydrazine groups is 1. The molecule has 2 fully saturated rings. The van der Waals surface area contributed by atoms with Crippen LogP contribution in [0.15, 0.2) is 36.4 Å². The molecule has 0 unspecified atom stereocenters. The minimum atomic E-state index is -0.922. The van der Waals surface area contributed by atoms with Crippen LogP contribution in [0, 0.1) is 5.92 Å². The van der Waals surface area contributed by atoms with E-state index in [4.69, 9.17) is 9.72 Å². The number of benzene rings is 1. The lowest BCUT2D eigenvalue weighted by Gasteiger charge is -2.35. The predicted molar refractivity (Wildman–Crippen MR) is 185 cm³/mol. The molecule has 2 aromatic rings. The summed E-state index contributed by atoms with van der Waals surface area (Å²) < 4.78 is 5.81. The molecule has 1 aromatic carbocycles. The summed E-state index contributed by atoms with van der Waals surface area (Å²) in [6.07, 6.45) is 6.94. The normalized spacial score (nSPS) is 25.9. The number of amides is 5. The number of hydrogen-bond acceptors (Lipinski definition) is 8. The van der Waals surface area contributed by atoms with Crippen LogP contribution < -0.4 is 16.1 Å². The van der Waals surface area contributed by atoms with Crippen LogP contribution in [0.2, 0.25) is 0 Å². The highest BCUT2D eigenvalue weighted by atomic mass is 16.5. The monoisotopic (exact) mass is 675 g/mol. The van der Waals surface area contributed by atoms with Crippen LogP contribution in [-0.2, 0) is 23.9 Å². The number of likely N-dealkylation sites (tertiary alicyclic amines) is 1. The number of hydrogen-bond donors (Lipinski definition) is 3. The predicted octanol–water partition coefficient (Wildman–Crippen LogP) is 3.30. The Morgan fingerprint density at radius 3 is 2.41 bits per heavy atom. The Balaban J connectivity index is 1.39. The Bertz CT molecular complexity index is 1570. The fraction of sp³-hybridized carbons (Fsp3) is 0.556. The van der Waals surface area contributed by atoms with Gasteiger partial charge in [-0.05, 0) is 69.6 Å². The quantitative estimate of drug-likeness (QED) is 0.390. The van der Waals surface area contributed by atoms with Gasteiger partial charge >= 0.3 is 12.0 Å². The third-order valence-corrected chi connectivity index (χ3v) is 9.31. The molecule has 0 radical (unpaired) electrons. The number of fused-ring (bicyclic) bond motifs is 4. The molecule has 2 saturated heterocycles. The average Bonchev–Trinajstić information content (AvgIpc) is 3.64. The van der Waals surface area contributed by atoms with E-state index in [-0.39, 0.29) is 30.8 Å². The lowest BCUT2D eigenvalue weighted by Crippen LogP contribution is -2.61. The van der Waals surface area contributed by atoms with E-state index in [1.807, 2.05) is 61.2 Å². The summed E-state index contributed by atoms with van der Waals surface area (Å²) >= 11 is 0. The number of nitrogens with one attached hydrogen (secondary N) is 3. The molecule has 264 valence electrons. The number of rotatable bonds is 1. The number of carbonyl (C=O) groups excluding carboxylic acids is 5. The van der Waals surface area contributed by atoms with E-state index in [9.17, 15) is 24.0 Å². The fourth-order valence-corrected chi connectivity index (χ4v) is 6.39. The van der Waals surface area contributed by atoms with Crippen LogP contribution in [-0.4, -0.2) is 100 Å². The second kappa shape index (κ2) is 16.3. The summed E-state index contributed by atoms with van der Waals surface area (Å²) in [4.78, 5) is 74.8. The Morgan fingerprint density at radius 1 is 0.918 bits per heavy atom. The molecule has 0 saturated carbocycles. The van der Waals surface area contributed by atoms with Crippen molar-refractivity contribution in [2.75, 3.05) is 32.7 Å². The molecule has 5 amide bonds. The van der Waals surface area contributed by atoms with E-state index >= 15 is 0 Å². The molecule has 3 aliphatic heterocycles. The van der Waals surface area contributed by atoms with Crippen molar-refractivity contribution in [1.29, 1.82) is 0 Å². The van der Waals surface area contributed by atoms with Crippen LogP contribution in [0.5, 0.6) is 0 Å². The number of carbonyl (C=O) groups is 5. The van der Waals surface area contributed by atoms with Gasteiger partial charge in [-0.2, -0.15) is 0 Å². The van der Waals surface area contributed by atoms with Crippen molar-refractivity contribution in [1.82, 2.24) is 35.9 Å². The second-order valence-electron chi connectivity index (χ2n) is 13.5. The summed E-state index contributed by atoms with van der Waals surface area (Å²) in [6, 6.07) is 7.10. The van der Waals surface area contributed by atoms with E-state index < -0.39 is 42.0 Å². The zero-order valence-electron chi connectivity index (χ0n) is 28.9. The van der Waals surface area contributed by atoms with Gasteiger partial charge < -0.3 is 25.2 Å². The van der Waals surface area contributed by atoms with Gasteiger partial charge in [0, 0.05) is 44.5 Å².